The molecule has 0 unspecified atom stereocenters. The van der Waals surface area contributed by atoms with Gasteiger partial charge in [0.15, 0.2) is 14.9 Å². The molecular formula is C21H18IN5O3S. The summed E-state index contributed by atoms with van der Waals surface area (Å²) in [6.45, 7) is 1.80. The maximum absolute atomic E-state index is 13.0. The smallest absolute Gasteiger partial charge is 0.254 e. The Labute approximate surface area is 192 Å². The van der Waals surface area contributed by atoms with E-state index in [0.29, 0.717) is 16.5 Å². The topological polar surface area (TPSA) is 107 Å². The Balaban J connectivity index is 1.60. The van der Waals surface area contributed by atoms with E-state index in [1.54, 1.807) is 30.1 Å². The van der Waals surface area contributed by atoms with Gasteiger partial charge in [0.25, 0.3) is 5.91 Å². The molecule has 3 aromatic heterocycles. The van der Waals surface area contributed by atoms with E-state index in [1.165, 1.54) is 18.5 Å². The standard InChI is InChI=1S/C21H18IN5O3S/c1-13(14-3-8-20(24-9-14)31(2,29)30)26-21(28)18-10-23-12-19-17(18)11-25-27(19)16-6-4-15(22)5-7-16/h3-13H,1-2H3,(H,26,28)/t13-/m0/s1. The van der Waals surface area contributed by atoms with Crippen molar-refractivity contribution >= 4 is 49.2 Å². The maximum atomic E-state index is 13.0. The van der Waals surface area contributed by atoms with Crippen LogP contribution >= 0.6 is 22.6 Å². The van der Waals surface area contributed by atoms with Gasteiger partial charge in [-0.3, -0.25) is 9.78 Å². The van der Waals surface area contributed by atoms with Crippen molar-refractivity contribution in [3.8, 4) is 5.69 Å². The summed E-state index contributed by atoms with van der Waals surface area (Å²) in [6, 6.07) is 10.6. The molecule has 158 valence electrons. The maximum Gasteiger partial charge on any atom is 0.254 e. The molecule has 0 saturated heterocycles. The van der Waals surface area contributed by atoms with Crippen LogP contribution in [0.5, 0.6) is 0 Å². The second-order valence-electron chi connectivity index (χ2n) is 7.05. The second-order valence-corrected chi connectivity index (χ2v) is 10.3. The number of fused-ring (bicyclic) bond motifs is 1. The molecule has 3 heterocycles. The number of nitrogens with one attached hydrogen (secondary N) is 1. The fraction of sp³-hybridized carbons (Fsp3) is 0.143. The van der Waals surface area contributed by atoms with Crippen LogP contribution in [0.15, 0.2) is 66.2 Å². The number of amides is 1. The number of pyridine rings is 2. The molecule has 0 radical (unpaired) electrons. The van der Waals surface area contributed by atoms with Crippen LogP contribution in [0.25, 0.3) is 16.6 Å². The highest BCUT2D eigenvalue weighted by Crippen LogP contribution is 2.22. The molecule has 31 heavy (non-hydrogen) atoms. The van der Waals surface area contributed by atoms with Gasteiger partial charge in [-0.05, 0) is 65.4 Å². The van der Waals surface area contributed by atoms with Gasteiger partial charge < -0.3 is 5.32 Å². The van der Waals surface area contributed by atoms with E-state index in [9.17, 15) is 13.2 Å². The van der Waals surface area contributed by atoms with Gasteiger partial charge in [-0.25, -0.2) is 18.1 Å². The van der Waals surface area contributed by atoms with Crippen molar-refractivity contribution in [1.29, 1.82) is 0 Å². The third-order valence-electron chi connectivity index (χ3n) is 4.80. The molecule has 0 spiro atoms. The van der Waals surface area contributed by atoms with Crippen LogP contribution in [-0.2, 0) is 9.84 Å². The first-order valence-corrected chi connectivity index (χ1v) is 12.3. The molecule has 0 fully saturated rings. The lowest BCUT2D eigenvalue weighted by Gasteiger charge is -2.14. The molecule has 1 N–H and O–H groups in total. The molecule has 1 amide bonds. The number of halogens is 1. The third kappa shape index (κ3) is 4.44. The van der Waals surface area contributed by atoms with Crippen LogP contribution in [0.1, 0.15) is 28.9 Å². The summed E-state index contributed by atoms with van der Waals surface area (Å²) >= 11 is 2.24. The van der Waals surface area contributed by atoms with Crippen molar-refractivity contribution in [2.45, 2.75) is 18.0 Å². The number of hydrogen-bond acceptors (Lipinski definition) is 6. The van der Waals surface area contributed by atoms with Crippen molar-refractivity contribution in [2.24, 2.45) is 0 Å². The minimum absolute atomic E-state index is 0.00763. The SMILES string of the molecule is C[C@H](NC(=O)c1cncc2c1cnn2-c1ccc(I)cc1)c1ccc(S(C)(=O)=O)nc1. The lowest BCUT2D eigenvalue weighted by molar-refractivity contribution is 0.0941. The second kappa shape index (κ2) is 8.35. The van der Waals surface area contributed by atoms with E-state index >= 15 is 0 Å². The number of benzene rings is 1. The summed E-state index contributed by atoms with van der Waals surface area (Å²) in [4.78, 5) is 21.2. The number of sulfone groups is 1. The highest BCUT2D eigenvalue weighted by molar-refractivity contribution is 14.1. The fourth-order valence-electron chi connectivity index (χ4n) is 3.14. The van der Waals surface area contributed by atoms with Crippen molar-refractivity contribution < 1.29 is 13.2 Å². The molecular weight excluding hydrogens is 529 g/mol. The quantitative estimate of drug-likeness (QED) is 0.385. The molecule has 0 aliphatic carbocycles. The summed E-state index contributed by atoms with van der Waals surface area (Å²) in [5.41, 5.74) is 2.69. The Kier molecular flexibility index (Phi) is 5.75. The van der Waals surface area contributed by atoms with Crippen molar-refractivity contribution in [3.05, 3.63) is 75.9 Å². The molecule has 4 rings (SSSR count). The normalized spacial score (nSPS) is 12.6. The Bertz CT molecular complexity index is 1370. The molecule has 0 aliphatic heterocycles. The van der Waals surface area contributed by atoms with Crippen LogP contribution < -0.4 is 5.32 Å². The third-order valence-corrected chi connectivity index (χ3v) is 6.52. The van der Waals surface area contributed by atoms with Gasteiger partial charge >= 0.3 is 0 Å². The molecule has 0 aliphatic rings. The average Bonchev–Trinajstić information content (AvgIpc) is 3.18. The first kappa shape index (κ1) is 21.4. The lowest BCUT2D eigenvalue weighted by atomic mass is 10.1. The Hall–Kier alpha value is -2.86. The van der Waals surface area contributed by atoms with E-state index in [4.69, 9.17) is 0 Å². The molecule has 1 aromatic carbocycles. The van der Waals surface area contributed by atoms with Gasteiger partial charge in [0.2, 0.25) is 0 Å². The van der Waals surface area contributed by atoms with Crippen LogP contribution in [0.2, 0.25) is 0 Å². The van der Waals surface area contributed by atoms with Crippen LogP contribution in [0.3, 0.4) is 0 Å². The number of carbonyl (C=O) groups is 1. The lowest BCUT2D eigenvalue weighted by Crippen LogP contribution is -2.27. The van der Waals surface area contributed by atoms with Crippen LogP contribution in [-0.4, -0.2) is 40.3 Å². The number of rotatable bonds is 5. The molecule has 10 heteroatoms. The van der Waals surface area contributed by atoms with Gasteiger partial charge in [0.05, 0.1) is 35.2 Å². The zero-order valence-electron chi connectivity index (χ0n) is 16.7. The van der Waals surface area contributed by atoms with Gasteiger partial charge in [0, 0.05) is 27.6 Å². The fourth-order valence-corrected chi connectivity index (χ4v) is 4.05. The van der Waals surface area contributed by atoms with Gasteiger partial charge in [-0.1, -0.05) is 6.07 Å². The van der Waals surface area contributed by atoms with Gasteiger partial charge in [0.1, 0.15) is 0 Å². The summed E-state index contributed by atoms with van der Waals surface area (Å²) in [6.07, 6.45) is 7.39. The van der Waals surface area contributed by atoms with E-state index in [2.05, 4.69) is 43.0 Å². The van der Waals surface area contributed by atoms with E-state index in [1.807, 2.05) is 24.3 Å². The Morgan fingerprint density at radius 3 is 2.45 bits per heavy atom. The van der Waals surface area contributed by atoms with Crippen molar-refractivity contribution in [1.82, 2.24) is 25.1 Å². The molecule has 0 saturated carbocycles. The number of carbonyl (C=O) groups excluding carboxylic acids is 1. The summed E-state index contributed by atoms with van der Waals surface area (Å²) < 4.78 is 26.0. The molecule has 0 bridgehead atoms. The Morgan fingerprint density at radius 2 is 1.81 bits per heavy atom. The van der Waals surface area contributed by atoms with Gasteiger partial charge in [-0.2, -0.15) is 5.10 Å². The number of nitrogens with zero attached hydrogens (tertiary/aromatic N) is 4. The molecule has 8 nitrogen and oxygen atoms in total. The summed E-state index contributed by atoms with van der Waals surface area (Å²) in [5, 5.41) is 8.02. The summed E-state index contributed by atoms with van der Waals surface area (Å²) in [5.74, 6) is -0.306. The molecule has 4 aromatic rings. The first-order valence-electron chi connectivity index (χ1n) is 9.28. The highest BCUT2D eigenvalue weighted by Gasteiger charge is 2.18. The average molecular weight is 547 g/mol. The van der Waals surface area contributed by atoms with Crippen molar-refractivity contribution in [2.75, 3.05) is 6.26 Å². The van der Waals surface area contributed by atoms with E-state index in [-0.39, 0.29) is 17.0 Å². The predicted molar refractivity (Wildman–Crippen MR) is 125 cm³/mol. The predicted octanol–water partition coefficient (Wildman–Crippen LogP) is 3.31. The minimum Gasteiger partial charge on any atom is -0.345 e. The van der Waals surface area contributed by atoms with Crippen molar-refractivity contribution in [3.63, 3.8) is 0 Å². The number of hydrogen-bond donors (Lipinski definition) is 1. The first-order chi connectivity index (χ1) is 14.7. The van der Waals surface area contributed by atoms with Gasteiger partial charge in [-0.15, -0.1) is 0 Å². The molecule has 1 atom stereocenters. The largest absolute Gasteiger partial charge is 0.345 e. The summed E-state index contributed by atoms with van der Waals surface area (Å²) in [7, 11) is -3.38. The number of aromatic nitrogens is 4. The minimum atomic E-state index is -3.38. The Morgan fingerprint density at radius 1 is 1.06 bits per heavy atom. The monoisotopic (exact) mass is 547 g/mol. The van der Waals surface area contributed by atoms with E-state index in [0.717, 1.165) is 21.0 Å². The highest BCUT2D eigenvalue weighted by atomic mass is 127. The van der Waals surface area contributed by atoms with E-state index < -0.39 is 9.84 Å². The zero-order valence-corrected chi connectivity index (χ0v) is 19.6. The zero-order chi connectivity index (χ0) is 22.2. The van der Waals surface area contributed by atoms with Crippen LogP contribution in [0.4, 0.5) is 0 Å². The van der Waals surface area contributed by atoms with Crippen LogP contribution in [0, 0.1) is 3.57 Å².